The van der Waals surface area contributed by atoms with E-state index in [9.17, 15) is 0 Å². The molecule has 0 saturated heterocycles. The van der Waals surface area contributed by atoms with E-state index in [1.165, 1.54) is 33.2 Å². The van der Waals surface area contributed by atoms with Gasteiger partial charge in [0.25, 0.3) is 0 Å². The summed E-state index contributed by atoms with van der Waals surface area (Å²) < 4.78 is 1.93. The number of hydrogen-bond acceptors (Lipinski definition) is 2. The van der Waals surface area contributed by atoms with Gasteiger partial charge in [0, 0.05) is 30.4 Å². The minimum Gasteiger partial charge on any atom is -0.268 e. The molecule has 0 radical (unpaired) electrons. The molecule has 2 heterocycles. The number of aromatic nitrogens is 3. The predicted molar refractivity (Wildman–Crippen MR) is 98.9 cm³/mol. The van der Waals surface area contributed by atoms with Crippen LogP contribution in [0.3, 0.4) is 0 Å². The third kappa shape index (κ3) is 2.21. The van der Waals surface area contributed by atoms with E-state index in [-0.39, 0.29) is 0 Å². The average Bonchev–Trinajstić information content (AvgIpc) is 3.01. The monoisotopic (exact) mass is 313 g/mol. The van der Waals surface area contributed by atoms with E-state index in [1.807, 2.05) is 30.2 Å². The second-order valence-electron chi connectivity index (χ2n) is 6.15. The van der Waals surface area contributed by atoms with Gasteiger partial charge < -0.3 is 0 Å². The highest BCUT2D eigenvalue weighted by atomic mass is 15.3. The Balaban J connectivity index is 2.10. The maximum atomic E-state index is 4.61. The highest BCUT2D eigenvalue weighted by Crippen LogP contribution is 2.37. The molecule has 0 spiro atoms. The standard InChI is InChI=1S/C21H19N3/c1-14-13-18-21(15(2)20(14)19-10-12-23-24(19)3)17(9-11-22-18)16-7-5-4-6-8-16/h4-13H,1-3H3. The molecule has 0 unspecified atom stereocenters. The first kappa shape index (κ1) is 14.6. The molecule has 3 heteroatoms. The first-order valence-electron chi connectivity index (χ1n) is 8.09. The van der Waals surface area contributed by atoms with E-state index < -0.39 is 0 Å². The van der Waals surface area contributed by atoms with Gasteiger partial charge in [-0.3, -0.25) is 9.67 Å². The van der Waals surface area contributed by atoms with E-state index in [1.54, 1.807) is 0 Å². The Kier molecular flexibility index (Phi) is 3.42. The summed E-state index contributed by atoms with van der Waals surface area (Å²) in [5.74, 6) is 0. The number of benzene rings is 2. The molecule has 0 saturated carbocycles. The summed E-state index contributed by atoms with van der Waals surface area (Å²) in [4.78, 5) is 4.61. The van der Waals surface area contributed by atoms with Gasteiger partial charge in [0.2, 0.25) is 0 Å². The molecule has 2 aromatic carbocycles. The quantitative estimate of drug-likeness (QED) is 0.526. The zero-order valence-electron chi connectivity index (χ0n) is 14.1. The van der Waals surface area contributed by atoms with E-state index in [0.717, 1.165) is 11.2 Å². The van der Waals surface area contributed by atoms with E-state index in [4.69, 9.17) is 0 Å². The summed E-state index contributed by atoms with van der Waals surface area (Å²) in [5.41, 5.74) is 8.33. The summed E-state index contributed by atoms with van der Waals surface area (Å²) in [6, 6.07) is 16.9. The number of fused-ring (bicyclic) bond motifs is 1. The van der Waals surface area contributed by atoms with Crippen LogP contribution in [0, 0.1) is 13.8 Å². The second kappa shape index (κ2) is 5.60. The molecule has 0 aliphatic heterocycles. The SMILES string of the molecule is Cc1cc2nccc(-c3ccccc3)c2c(C)c1-c1ccnn1C. The molecule has 0 amide bonds. The average molecular weight is 313 g/mol. The van der Waals surface area contributed by atoms with Crippen molar-refractivity contribution in [3.05, 3.63) is 72.1 Å². The van der Waals surface area contributed by atoms with Crippen LogP contribution in [0.2, 0.25) is 0 Å². The van der Waals surface area contributed by atoms with Gasteiger partial charge in [0.05, 0.1) is 11.2 Å². The Bertz CT molecular complexity index is 1030. The van der Waals surface area contributed by atoms with Gasteiger partial charge in [0.1, 0.15) is 0 Å². The van der Waals surface area contributed by atoms with Crippen LogP contribution in [0.1, 0.15) is 11.1 Å². The smallest absolute Gasteiger partial charge is 0.0713 e. The Hall–Kier alpha value is -2.94. The molecule has 0 fully saturated rings. The third-order valence-electron chi connectivity index (χ3n) is 4.64. The molecule has 118 valence electrons. The van der Waals surface area contributed by atoms with Gasteiger partial charge in [-0.1, -0.05) is 30.3 Å². The van der Waals surface area contributed by atoms with Crippen LogP contribution >= 0.6 is 0 Å². The molecule has 2 aromatic heterocycles. The van der Waals surface area contributed by atoms with Crippen LogP contribution in [-0.4, -0.2) is 14.8 Å². The second-order valence-corrected chi connectivity index (χ2v) is 6.15. The fourth-order valence-electron chi connectivity index (χ4n) is 3.55. The number of pyridine rings is 1. The van der Waals surface area contributed by atoms with Gasteiger partial charge in [-0.05, 0) is 54.3 Å². The van der Waals surface area contributed by atoms with Crippen molar-refractivity contribution in [1.82, 2.24) is 14.8 Å². The van der Waals surface area contributed by atoms with Gasteiger partial charge in [0.15, 0.2) is 0 Å². The van der Waals surface area contributed by atoms with Crippen molar-refractivity contribution in [3.8, 4) is 22.4 Å². The lowest BCUT2D eigenvalue weighted by molar-refractivity contribution is 0.775. The molecule has 0 aliphatic carbocycles. The van der Waals surface area contributed by atoms with Crippen molar-refractivity contribution in [3.63, 3.8) is 0 Å². The maximum Gasteiger partial charge on any atom is 0.0713 e. The van der Waals surface area contributed by atoms with E-state index in [0.29, 0.717) is 0 Å². The molecule has 0 aliphatic rings. The van der Waals surface area contributed by atoms with Crippen molar-refractivity contribution in [2.45, 2.75) is 13.8 Å². The van der Waals surface area contributed by atoms with Crippen LogP contribution < -0.4 is 0 Å². The van der Waals surface area contributed by atoms with E-state index >= 15 is 0 Å². The highest BCUT2D eigenvalue weighted by molar-refractivity contribution is 6.00. The van der Waals surface area contributed by atoms with Gasteiger partial charge in [-0.2, -0.15) is 5.10 Å². The fraction of sp³-hybridized carbons (Fsp3) is 0.143. The van der Waals surface area contributed by atoms with Gasteiger partial charge >= 0.3 is 0 Å². The first-order chi connectivity index (χ1) is 11.7. The molecular formula is C21H19N3. The number of aryl methyl sites for hydroxylation is 3. The molecular weight excluding hydrogens is 294 g/mol. The molecule has 24 heavy (non-hydrogen) atoms. The highest BCUT2D eigenvalue weighted by Gasteiger charge is 2.16. The normalized spacial score (nSPS) is 11.1. The molecule has 0 bridgehead atoms. The summed E-state index contributed by atoms with van der Waals surface area (Å²) in [6.45, 7) is 4.33. The lowest BCUT2D eigenvalue weighted by atomic mass is 9.91. The Morgan fingerprint density at radius 2 is 1.71 bits per heavy atom. The van der Waals surface area contributed by atoms with Crippen molar-refractivity contribution in [1.29, 1.82) is 0 Å². The molecule has 4 rings (SSSR count). The zero-order valence-corrected chi connectivity index (χ0v) is 14.1. The lowest BCUT2D eigenvalue weighted by Gasteiger charge is -2.16. The van der Waals surface area contributed by atoms with E-state index in [2.05, 4.69) is 66.4 Å². The summed E-state index contributed by atoms with van der Waals surface area (Å²) >= 11 is 0. The number of hydrogen-bond donors (Lipinski definition) is 0. The van der Waals surface area contributed by atoms with Crippen LogP contribution in [-0.2, 0) is 7.05 Å². The predicted octanol–water partition coefficient (Wildman–Crippen LogP) is 4.92. The van der Waals surface area contributed by atoms with Crippen LogP contribution in [0.5, 0.6) is 0 Å². The van der Waals surface area contributed by atoms with Gasteiger partial charge in [-0.25, -0.2) is 0 Å². The lowest BCUT2D eigenvalue weighted by Crippen LogP contribution is -1.99. The molecule has 0 N–H and O–H groups in total. The van der Waals surface area contributed by atoms with Crippen LogP contribution in [0.4, 0.5) is 0 Å². The first-order valence-corrected chi connectivity index (χ1v) is 8.09. The van der Waals surface area contributed by atoms with Crippen LogP contribution in [0.25, 0.3) is 33.3 Å². The largest absolute Gasteiger partial charge is 0.268 e. The molecule has 0 atom stereocenters. The molecule has 4 aromatic rings. The van der Waals surface area contributed by atoms with Crippen molar-refractivity contribution in [2.24, 2.45) is 7.05 Å². The topological polar surface area (TPSA) is 30.7 Å². The van der Waals surface area contributed by atoms with Crippen LogP contribution in [0.15, 0.2) is 60.9 Å². The summed E-state index contributed by atoms with van der Waals surface area (Å²) in [5, 5.41) is 5.55. The zero-order chi connectivity index (χ0) is 16.7. The third-order valence-corrected chi connectivity index (χ3v) is 4.64. The molecule has 3 nitrogen and oxygen atoms in total. The van der Waals surface area contributed by atoms with Gasteiger partial charge in [-0.15, -0.1) is 0 Å². The number of rotatable bonds is 2. The number of nitrogens with zero attached hydrogens (tertiary/aromatic N) is 3. The Morgan fingerprint density at radius 3 is 2.42 bits per heavy atom. The summed E-state index contributed by atoms with van der Waals surface area (Å²) in [6.07, 6.45) is 3.74. The van der Waals surface area contributed by atoms with Crippen molar-refractivity contribution in [2.75, 3.05) is 0 Å². The maximum absolute atomic E-state index is 4.61. The Labute approximate surface area is 141 Å². The van der Waals surface area contributed by atoms with Crippen molar-refractivity contribution >= 4 is 10.9 Å². The fourth-order valence-corrected chi connectivity index (χ4v) is 3.55. The minimum absolute atomic E-state index is 1.04. The minimum atomic E-state index is 1.04. The summed E-state index contributed by atoms with van der Waals surface area (Å²) in [7, 11) is 1.99. The van der Waals surface area contributed by atoms with Crippen molar-refractivity contribution < 1.29 is 0 Å². The Morgan fingerprint density at radius 1 is 0.917 bits per heavy atom.